The highest BCUT2D eigenvalue weighted by Crippen LogP contribution is 1.95. The second-order valence-corrected chi connectivity index (χ2v) is 6.97. The van der Waals surface area contributed by atoms with Crippen LogP contribution in [-0.4, -0.2) is 71.3 Å². The number of ether oxygens (including phenoxy) is 1. The Labute approximate surface area is 112 Å². The van der Waals surface area contributed by atoms with Gasteiger partial charge in [0.05, 0.1) is 5.75 Å². The fraction of sp³-hybridized carbons (Fsp3) is 1.00. The smallest absolute Gasteiger partial charge is 0.148 e. The first-order valence-electron chi connectivity index (χ1n) is 6.53. The van der Waals surface area contributed by atoms with E-state index in [4.69, 9.17) is 4.74 Å². The summed E-state index contributed by atoms with van der Waals surface area (Å²) in [6.45, 7) is 8.04. The van der Waals surface area contributed by atoms with Gasteiger partial charge in [-0.3, -0.25) is 0 Å². The summed E-state index contributed by atoms with van der Waals surface area (Å²) < 4.78 is 27.4. The van der Waals surface area contributed by atoms with Crippen LogP contribution in [0.3, 0.4) is 0 Å². The Morgan fingerprint density at radius 2 is 2.06 bits per heavy atom. The predicted octanol–water partition coefficient (Wildman–Crippen LogP) is 0.368. The summed E-state index contributed by atoms with van der Waals surface area (Å²) in [6.07, 6.45) is 2.28. The Bertz CT molecular complexity index is 294. The van der Waals surface area contributed by atoms with Crippen molar-refractivity contribution >= 4 is 9.84 Å². The van der Waals surface area contributed by atoms with Crippen molar-refractivity contribution in [2.75, 3.05) is 51.9 Å². The first kappa shape index (κ1) is 17.8. The molecule has 0 bridgehead atoms. The molecule has 0 rings (SSSR count). The first-order chi connectivity index (χ1) is 8.37. The van der Waals surface area contributed by atoms with Crippen LogP contribution in [0.1, 0.15) is 20.3 Å². The quantitative estimate of drug-likeness (QED) is 0.554. The Kier molecular flexibility index (Phi) is 9.63. The van der Waals surface area contributed by atoms with E-state index in [1.54, 1.807) is 0 Å². The largest absolute Gasteiger partial charge is 0.382 e. The number of hydrogen-bond donors (Lipinski definition) is 1. The van der Waals surface area contributed by atoms with Crippen LogP contribution in [0, 0.1) is 0 Å². The molecule has 0 saturated heterocycles. The fourth-order valence-corrected chi connectivity index (χ4v) is 2.06. The van der Waals surface area contributed by atoms with Gasteiger partial charge >= 0.3 is 0 Å². The van der Waals surface area contributed by atoms with Gasteiger partial charge in [-0.1, -0.05) is 0 Å². The van der Waals surface area contributed by atoms with Crippen molar-refractivity contribution in [1.29, 1.82) is 0 Å². The molecule has 0 saturated carbocycles. The molecule has 1 N–H and O–H groups in total. The first-order valence-corrected chi connectivity index (χ1v) is 8.59. The van der Waals surface area contributed by atoms with Gasteiger partial charge in [-0.25, -0.2) is 8.42 Å². The van der Waals surface area contributed by atoms with Gasteiger partial charge in [0.2, 0.25) is 0 Å². The van der Waals surface area contributed by atoms with Gasteiger partial charge in [-0.2, -0.15) is 0 Å². The zero-order valence-electron chi connectivity index (χ0n) is 12.1. The van der Waals surface area contributed by atoms with E-state index in [1.165, 1.54) is 6.26 Å². The minimum atomic E-state index is -2.87. The van der Waals surface area contributed by atoms with E-state index in [1.807, 2.05) is 14.0 Å². The van der Waals surface area contributed by atoms with Crippen LogP contribution in [-0.2, 0) is 14.6 Å². The lowest BCUT2D eigenvalue weighted by Crippen LogP contribution is -2.40. The lowest BCUT2D eigenvalue weighted by molar-refractivity contribution is 0.144. The molecular formula is C12H28N2O3S. The van der Waals surface area contributed by atoms with Gasteiger partial charge in [-0.15, -0.1) is 0 Å². The van der Waals surface area contributed by atoms with E-state index in [9.17, 15) is 8.42 Å². The maximum Gasteiger partial charge on any atom is 0.148 e. The molecule has 1 atom stereocenters. The SMILES string of the molecule is CCOCCCNCC(C)N(C)CCS(C)(=O)=O. The summed E-state index contributed by atoms with van der Waals surface area (Å²) in [4.78, 5) is 2.07. The topological polar surface area (TPSA) is 58.6 Å². The summed E-state index contributed by atoms with van der Waals surface area (Å²) in [7, 11) is -0.911. The lowest BCUT2D eigenvalue weighted by atomic mass is 10.3. The Morgan fingerprint density at radius 1 is 1.39 bits per heavy atom. The third kappa shape index (κ3) is 11.0. The summed E-state index contributed by atoms with van der Waals surface area (Å²) in [5, 5.41) is 3.35. The Hall–Kier alpha value is -0.170. The van der Waals surface area contributed by atoms with Crippen molar-refractivity contribution in [3.63, 3.8) is 0 Å². The van der Waals surface area contributed by atoms with Crippen LogP contribution in [0.5, 0.6) is 0 Å². The Balaban J connectivity index is 3.59. The lowest BCUT2D eigenvalue weighted by Gasteiger charge is -2.24. The number of nitrogens with one attached hydrogen (secondary N) is 1. The summed E-state index contributed by atoms with van der Waals surface area (Å²) in [6, 6.07) is 0.332. The third-order valence-electron chi connectivity index (χ3n) is 2.85. The van der Waals surface area contributed by atoms with Crippen LogP contribution >= 0.6 is 0 Å². The molecule has 6 heteroatoms. The molecule has 0 aliphatic carbocycles. The average molecular weight is 280 g/mol. The van der Waals surface area contributed by atoms with E-state index < -0.39 is 9.84 Å². The molecule has 0 spiro atoms. The summed E-state index contributed by atoms with van der Waals surface area (Å²) in [5.74, 6) is 0.220. The number of hydrogen-bond acceptors (Lipinski definition) is 5. The second-order valence-electron chi connectivity index (χ2n) is 4.71. The maximum atomic E-state index is 11.1. The van der Waals surface area contributed by atoms with Gasteiger partial charge in [0.1, 0.15) is 9.84 Å². The number of likely N-dealkylation sites (N-methyl/N-ethyl adjacent to an activating group) is 1. The molecule has 0 heterocycles. The molecule has 1 unspecified atom stereocenters. The standard InChI is InChI=1S/C12H28N2O3S/c1-5-17-9-6-7-13-11-12(2)14(3)8-10-18(4,15)16/h12-13H,5-11H2,1-4H3. The highest BCUT2D eigenvalue weighted by Gasteiger charge is 2.11. The minimum absolute atomic E-state index is 0.220. The van der Waals surface area contributed by atoms with Gasteiger partial charge in [0.25, 0.3) is 0 Å². The van der Waals surface area contributed by atoms with Crippen molar-refractivity contribution < 1.29 is 13.2 Å². The van der Waals surface area contributed by atoms with Crippen molar-refractivity contribution in [3.05, 3.63) is 0 Å². The molecule has 5 nitrogen and oxygen atoms in total. The second kappa shape index (κ2) is 9.72. The zero-order valence-corrected chi connectivity index (χ0v) is 12.9. The van der Waals surface area contributed by atoms with Gasteiger partial charge < -0.3 is 15.0 Å². The maximum absolute atomic E-state index is 11.1. The fourth-order valence-electron chi connectivity index (χ4n) is 1.44. The van der Waals surface area contributed by atoms with Crippen LogP contribution in [0.2, 0.25) is 0 Å². The molecule has 0 aliphatic rings. The van der Waals surface area contributed by atoms with E-state index in [-0.39, 0.29) is 5.75 Å². The molecule has 0 aromatic rings. The van der Waals surface area contributed by atoms with Gasteiger partial charge in [-0.05, 0) is 33.9 Å². The average Bonchev–Trinajstić information content (AvgIpc) is 2.29. The zero-order chi connectivity index (χ0) is 14.0. The highest BCUT2D eigenvalue weighted by molar-refractivity contribution is 7.90. The number of rotatable bonds is 11. The molecule has 110 valence electrons. The summed E-state index contributed by atoms with van der Waals surface area (Å²) in [5.41, 5.74) is 0. The molecule has 18 heavy (non-hydrogen) atoms. The molecule has 0 fully saturated rings. The van der Waals surface area contributed by atoms with E-state index in [2.05, 4.69) is 17.1 Å². The molecular weight excluding hydrogens is 252 g/mol. The van der Waals surface area contributed by atoms with Crippen molar-refractivity contribution in [3.8, 4) is 0 Å². The highest BCUT2D eigenvalue weighted by atomic mass is 32.2. The summed E-state index contributed by atoms with van der Waals surface area (Å²) >= 11 is 0. The van der Waals surface area contributed by atoms with Gasteiger partial charge in [0.15, 0.2) is 0 Å². The molecule has 0 amide bonds. The van der Waals surface area contributed by atoms with E-state index >= 15 is 0 Å². The Morgan fingerprint density at radius 3 is 2.61 bits per heavy atom. The predicted molar refractivity (Wildman–Crippen MR) is 75.8 cm³/mol. The minimum Gasteiger partial charge on any atom is -0.382 e. The van der Waals surface area contributed by atoms with Crippen molar-refractivity contribution in [1.82, 2.24) is 10.2 Å². The molecule has 0 radical (unpaired) electrons. The number of sulfone groups is 1. The molecule has 0 aliphatic heterocycles. The normalized spacial score (nSPS) is 14.1. The van der Waals surface area contributed by atoms with Crippen LogP contribution in [0.25, 0.3) is 0 Å². The van der Waals surface area contributed by atoms with Crippen LogP contribution in [0.4, 0.5) is 0 Å². The van der Waals surface area contributed by atoms with E-state index in [0.29, 0.717) is 12.6 Å². The number of nitrogens with zero attached hydrogens (tertiary/aromatic N) is 1. The van der Waals surface area contributed by atoms with Gasteiger partial charge in [0, 0.05) is 38.6 Å². The third-order valence-corrected chi connectivity index (χ3v) is 3.78. The van der Waals surface area contributed by atoms with Crippen molar-refractivity contribution in [2.45, 2.75) is 26.3 Å². The van der Waals surface area contributed by atoms with Crippen LogP contribution < -0.4 is 5.32 Å². The van der Waals surface area contributed by atoms with Crippen LogP contribution in [0.15, 0.2) is 0 Å². The molecule has 0 aromatic carbocycles. The van der Waals surface area contributed by atoms with Crippen molar-refractivity contribution in [2.24, 2.45) is 0 Å². The van der Waals surface area contributed by atoms with E-state index in [0.717, 1.165) is 32.7 Å². The monoisotopic (exact) mass is 280 g/mol. The molecule has 0 aromatic heterocycles.